The molecule has 2 amide bonds. The number of ether oxygens (including phenoxy) is 4. The smallest absolute Gasteiger partial charge is 0.337 e. The van der Waals surface area contributed by atoms with E-state index in [-0.39, 0.29) is 18.8 Å². The van der Waals surface area contributed by atoms with Gasteiger partial charge in [0.1, 0.15) is 18.4 Å². The number of amides is 2. The highest BCUT2D eigenvalue weighted by Crippen LogP contribution is 2.35. The molecule has 0 saturated carbocycles. The van der Waals surface area contributed by atoms with E-state index >= 15 is 0 Å². The minimum Gasteiger partial charge on any atom is -0.490 e. The first kappa shape index (κ1) is 29.5. The highest BCUT2D eigenvalue weighted by atomic mass is 127. The SMILES string of the molecule is CCOc1cc([C@H]2NC(=O)NC(C)=C2C(=O)OC)ccc1OC[C@H](O)N/N=C\c1ccc(OCC#N)c(I)c1. The van der Waals surface area contributed by atoms with Crippen molar-refractivity contribution < 1.29 is 33.6 Å². The van der Waals surface area contributed by atoms with Crippen LogP contribution in [0, 0.1) is 14.9 Å². The molecule has 1 aliphatic heterocycles. The maximum atomic E-state index is 12.4. The number of esters is 1. The Morgan fingerprint density at radius 3 is 2.69 bits per heavy atom. The summed E-state index contributed by atoms with van der Waals surface area (Å²) >= 11 is 2.10. The number of urea groups is 1. The molecule has 1 aliphatic rings. The number of methoxy groups -OCH3 is 1. The van der Waals surface area contributed by atoms with Gasteiger partial charge in [-0.1, -0.05) is 6.07 Å². The van der Waals surface area contributed by atoms with Gasteiger partial charge >= 0.3 is 12.0 Å². The van der Waals surface area contributed by atoms with Crippen molar-refractivity contribution in [3.8, 4) is 23.3 Å². The van der Waals surface area contributed by atoms with Crippen molar-refractivity contribution >= 4 is 40.8 Å². The molecule has 2 aromatic rings. The normalized spacial score (nSPS) is 15.6. The second kappa shape index (κ2) is 14.2. The van der Waals surface area contributed by atoms with Crippen LogP contribution in [0.2, 0.25) is 0 Å². The summed E-state index contributed by atoms with van der Waals surface area (Å²) in [6.07, 6.45) is 0.398. The first-order chi connectivity index (χ1) is 18.8. The maximum Gasteiger partial charge on any atom is 0.337 e. The minimum atomic E-state index is -1.13. The Balaban J connectivity index is 1.66. The van der Waals surface area contributed by atoms with E-state index in [2.05, 4.69) is 43.8 Å². The van der Waals surface area contributed by atoms with Crippen LogP contribution in [0.25, 0.3) is 0 Å². The predicted molar refractivity (Wildman–Crippen MR) is 149 cm³/mol. The average Bonchev–Trinajstić information content (AvgIpc) is 2.91. The number of nitrogens with zero attached hydrogens (tertiary/aromatic N) is 2. The van der Waals surface area contributed by atoms with Crippen LogP contribution in [0.15, 0.2) is 52.8 Å². The van der Waals surface area contributed by atoms with Crippen LogP contribution in [0.3, 0.4) is 0 Å². The third kappa shape index (κ3) is 7.98. The van der Waals surface area contributed by atoms with Crippen molar-refractivity contribution in [1.82, 2.24) is 16.1 Å². The number of hydrogen-bond donors (Lipinski definition) is 4. The van der Waals surface area contributed by atoms with Crippen molar-refractivity contribution in [3.05, 3.63) is 62.4 Å². The highest BCUT2D eigenvalue weighted by molar-refractivity contribution is 14.1. The fourth-order valence-corrected chi connectivity index (χ4v) is 4.34. The molecule has 206 valence electrons. The van der Waals surface area contributed by atoms with E-state index in [1.165, 1.54) is 13.3 Å². The molecule has 13 heteroatoms. The molecule has 0 saturated heterocycles. The molecular weight excluding hydrogens is 621 g/mol. The molecule has 3 rings (SSSR count). The second-order valence-electron chi connectivity index (χ2n) is 8.05. The predicted octanol–water partition coefficient (Wildman–Crippen LogP) is 2.71. The van der Waals surface area contributed by atoms with Crippen molar-refractivity contribution in [2.45, 2.75) is 26.1 Å². The molecule has 1 heterocycles. The lowest BCUT2D eigenvalue weighted by atomic mass is 9.95. The number of benzene rings is 2. The third-order valence-electron chi connectivity index (χ3n) is 5.36. The molecule has 2 aromatic carbocycles. The highest BCUT2D eigenvalue weighted by Gasteiger charge is 2.32. The Bertz CT molecular complexity index is 1310. The van der Waals surface area contributed by atoms with Crippen molar-refractivity contribution in [2.75, 3.05) is 26.9 Å². The van der Waals surface area contributed by atoms with Gasteiger partial charge in [-0.3, -0.25) is 5.43 Å². The standard InChI is InChI=1S/C26H28IN5O7/c1-4-37-21-12-17(24-23(25(34)36-3)15(2)30-26(35)31-24)6-8-20(21)39-14-22(33)32-29-13-16-5-7-19(18(27)11-16)38-10-9-28/h5-8,11-13,22,24,32-33H,4,10,14H2,1-3H3,(H2,30,31,35)/b29-13-/t22-,24+/m0/s1. The molecule has 0 radical (unpaired) electrons. The van der Waals surface area contributed by atoms with Crippen LogP contribution in [0.1, 0.15) is 31.0 Å². The van der Waals surface area contributed by atoms with Crippen LogP contribution in [0.4, 0.5) is 4.79 Å². The van der Waals surface area contributed by atoms with Crippen LogP contribution >= 0.6 is 22.6 Å². The number of aliphatic hydroxyl groups is 1. The molecule has 4 N–H and O–H groups in total. The molecule has 39 heavy (non-hydrogen) atoms. The van der Waals surface area contributed by atoms with Gasteiger partial charge in [0.2, 0.25) is 0 Å². The summed E-state index contributed by atoms with van der Waals surface area (Å²) in [5.74, 6) is 0.750. The van der Waals surface area contributed by atoms with E-state index in [1.807, 2.05) is 12.1 Å². The summed E-state index contributed by atoms with van der Waals surface area (Å²) in [7, 11) is 1.27. The molecule has 0 fully saturated rings. The van der Waals surface area contributed by atoms with Gasteiger partial charge in [0.05, 0.1) is 35.1 Å². The Morgan fingerprint density at radius 1 is 1.23 bits per heavy atom. The first-order valence-electron chi connectivity index (χ1n) is 11.8. The topological polar surface area (TPSA) is 164 Å². The molecule has 0 aromatic heterocycles. The summed E-state index contributed by atoms with van der Waals surface area (Å²) in [5, 5.41) is 28.3. The summed E-state index contributed by atoms with van der Waals surface area (Å²) in [6.45, 7) is 3.58. The average molecular weight is 649 g/mol. The Hall–Kier alpha value is -4.03. The lowest BCUT2D eigenvalue weighted by Crippen LogP contribution is -2.45. The van der Waals surface area contributed by atoms with E-state index in [0.717, 1.165) is 9.13 Å². The van der Waals surface area contributed by atoms with E-state index in [1.54, 1.807) is 44.2 Å². The van der Waals surface area contributed by atoms with E-state index in [4.69, 9.17) is 24.2 Å². The number of carbonyl (C=O) groups excluding carboxylic acids is 2. The number of rotatable bonds is 12. The van der Waals surface area contributed by atoms with Gasteiger partial charge in [0.15, 0.2) is 24.3 Å². The second-order valence-corrected chi connectivity index (χ2v) is 9.21. The minimum absolute atomic E-state index is 0.0369. The van der Waals surface area contributed by atoms with Crippen molar-refractivity contribution in [3.63, 3.8) is 0 Å². The van der Waals surface area contributed by atoms with Gasteiger partial charge in [0.25, 0.3) is 0 Å². The van der Waals surface area contributed by atoms with Gasteiger partial charge < -0.3 is 34.7 Å². The number of carbonyl (C=O) groups is 2. The zero-order valence-electron chi connectivity index (χ0n) is 21.5. The first-order valence-corrected chi connectivity index (χ1v) is 12.9. The number of hydrogen-bond acceptors (Lipinski definition) is 10. The molecule has 12 nitrogen and oxygen atoms in total. The maximum absolute atomic E-state index is 12.4. The zero-order chi connectivity index (χ0) is 28.4. The van der Waals surface area contributed by atoms with Gasteiger partial charge in [-0.2, -0.15) is 10.4 Å². The number of hydrazone groups is 1. The van der Waals surface area contributed by atoms with Crippen LogP contribution in [-0.4, -0.2) is 56.5 Å². The van der Waals surface area contributed by atoms with E-state index in [9.17, 15) is 14.7 Å². The lowest BCUT2D eigenvalue weighted by molar-refractivity contribution is -0.136. The Labute approximate surface area is 239 Å². The molecular formula is C26H28IN5O7. The number of allylic oxidation sites excluding steroid dienone is 1. The molecule has 0 unspecified atom stereocenters. The van der Waals surface area contributed by atoms with Gasteiger partial charge in [-0.15, -0.1) is 0 Å². The number of aliphatic hydroxyl groups excluding tert-OH is 1. The summed E-state index contributed by atoms with van der Waals surface area (Å²) in [6, 6.07) is 11.0. The monoisotopic (exact) mass is 649 g/mol. The molecule has 0 bridgehead atoms. The fraction of sp³-hybridized carbons (Fsp3) is 0.308. The lowest BCUT2D eigenvalue weighted by Gasteiger charge is -2.28. The van der Waals surface area contributed by atoms with Gasteiger partial charge in [-0.05, 0) is 77.9 Å². The van der Waals surface area contributed by atoms with Crippen molar-refractivity contribution in [1.29, 1.82) is 5.26 Å². The summed E-state index contributed by atoms with van der Waals surface area (Å²) < 4.78 is 22.5. The summed E-state index contributed by atoms with van der Waals surface area (Å²) in [5.41, 5.74) is 4.60. The van der Waals surface area contributed by atoms with Gasteiger partial charge in [0, 0.05) is 5.70 Å². The van der Waals surface area contributed by atoms with E-state index in [0.29, 0.717) is 35.1 Å². The van der Waals surface area contributed by atoms with Crippen LogP contribution in [0.5, 0.6) is 17.2 Å². The zero-order valence-corrected chi connectivity index (χ0v) is 23.6. The van der Waals surface area contributed by atoms with Crippen LogP contribution < -0.4 is 30.3 Å². The van der Waals surface area contributed by atoms with Crippen molar-refractivity contribution in [2.24, 2.45) is 5.10 Å². The Kier molecular flexibility index (Phi) is 10.8. The Morgan fingerprint density at radius 2 is 2.00 bits per heavy atom. The largest absolute Gasteiger partial charge is 0.490 e. The molecule has 2 atom stereocenters. The quantitative estimate of drug-likeness (QED) is 0.0891. The fourth-order valence-electron chi connectivity index (χ4n) is 3.64. The van der Waals surface area contributed by atoms with Crippen LogP contribution in [-0.2, 0) is 9.53 Å². The number of halogens is 1. The van der Waals surface area contributed by atoms with Gasteiger partial charge in [-0.25, -0.2) is 9.59 Å². The number of nitriles is 1. The van der Waals surface area contributed by atoms with E-state index < -0.39 is 24.3 Å². The molecule has 0 aliphatic carbocycles. The summed E-state index contributed by atoms with van der Waals surface area (Å²) in [4.78, 5) is 24.5. The third-order valence-corrected chi connectivity index (χ3v) is 6.20. The molecule has 0 spiro atoms. The number of nitrogens with one attached hydrogen (secondary N) is 3.